The lowest BCUT2D eigenvalue weighted by Crippen LogP contribution is -2.15. The lowest BCUT2D eigenvalue weighted by Gasteiger charge is -2.22. The van der Waals surface area contributed by atoms with Gasteiger partial charge in [0, 0.05) is 47.6 Å². The van der Waals surface area contributed by atoms with E-state index in [0.29, 0.717) is 6.42 Å². The van der Waals surface area contributed by atoms with Crippen molar-refractivity contribution in [3.8, 4) is 11.1 Å². The third-order valence-electron chi connectivity index (χ3n) is 4.72. The van der Waals surface area contributed by atoms with Crippen LogP contribution in [0.3, 0.4) is 0 Å². The highest BCUT2D eigenvalue weighted by atomic mass is 16.4. The van der Waals surface area contributed by atoms with E-state index < -0.39 is 5.97 Å². The number of nitrogens with zero attached hydrogens (tertiary/aromatic N) is 4. The molecule has 3 aromatic rings. The van der Waals surface area contributed by atoms with Crippen LogP contribution < -0.4 is 0 Å². The Morgan fingerprint density at radius 1 is 1.21 bits per heavy atom. The molecule has 6 heteroatoms. The molecule has 3 aromatic heterocycles. The Morgan fingerprint density at radius 3 is 2.57 bits per heavy atom. The molecule has 0 aromatic carbocycles. The largest absolute Gasteiger partial charge is 0.481 e. The SMILES string of the molecule is CCn1ncc2c(-c3cncc(C)c3)c(CCC(=O)O)c(CC(C)(C)C)nc21. The molecule has 0 aliphatic heterocycles. The molecule has 0 radical (unpaired) electrons. The number of rotatable bonds is 6. The molecule has 28 heavy (non-hydrogen) atoms. The molecule has 0 aliphatic carbocycles. The monoisotopic (exact) mass is 380 g/mol. The van der Waals surface area contributed by atoms with E-state index in [0.717, 1.165) is 51.9 Å². The van der Waals surface area contributed by atoms with Crippen LogP contribution in [0.15, 0.2) is 24.7 Å². The van der Waals surface area contributed by atoms with E-state index in [2.05, 4.69) is 36.9 Å². The topological polar surface area (TPSA) is 80.9 Å². The normalized spacial score (nSPS) is 11.9. The average molecular weight is 380 g/mol. The lowest BCUT2D eigenvalue weighted by molar-refractivity contribution is -0.136. The first-order valence-corrected chi connectivity index (χ1v) is 9.70. The number of hydrogen-bond donors (Lipinski definition) is 1. The van der Waals surface area contributed by atoms with Crippen LogP contribution in [0.4, 0.5) is 0 Å². The molecule has 148 valence electrons. The molecule has 0 amide bonds. The number of fused-ring (bicyclic) bond motifs is 1. The summed E-state index contributed by atoms with van der Waals surface area (Å²) >= 11 is 0. The van der Waals surface area contributed by atoms with Crippen LogP contribution in [0.5, 0.6) is 0 Å². The van der Waals surface area contributed by atoms with Gasteiger partial charge in [-0.05, 0) is 49.3 Å². The van der Waals surface area contributed by atoms with Crippen molar-refractivity contribution in [3.05, 3.63) is 41.5 Å². The maximum absolute atomic E-state index is 11.3. The number of aliphatic carboxylic acids is 1. The second kappa shape index (κ2) is 7.70. The van der Waals surface area contributed by atoms with Crippen LogP contribution in [-0.4, -0.2) is 30.8 Å². The van der Waals surface area contributed by atoms with Gasteiger partial charge in [0.1, 0.15) is 0 Å². The van der Waals surface area contributed by atoms with Crippen molar-refractivity contribution in [1.82, 2.24) is 19.7 Å². The van der Waals surface area contributed by atoms with Crippen molar-refractivity contribution < 1.29 is 9.90 Å². The molecular formula is C22H28N4O2. The maximum Gasteiger partial charge on any atom is 0.303 e. The summed E-state index contributed by atoms with van der Waals surface area (Å²) in [5, 5.41) is 14.8. The quantitative estimate of drug-likeness (QED) is 0.684. The van der Waals surface area contributed by atoms with Crippen LogP contribution in [0.25, 0.3) is 22.2 Å². The van der Waals surface area contributed by atoms with E-state index in [9.17, 15) is 9.90 Å². The summed E-state index contributed by atoms with van der Waals surface area (Å²) < 4.78 is 1.90. The molecule has 0 bridgehead atoms. The first-order valence-electron chi connectivity index (χ1n) is 9.70. The molecule has 1 N–H and O–H groups in total. The van der Waals surface area contributed by atoms with Crippen LogP contribution in [0.1, 0.15) is 50.9 Å². The van der Waals surface area contributed by atoms with Crippen LogP contribution in [0, 0.1) is 12.3 Å². The predicted molar refractivity (Wildman–Crippen MR) is 110 cm³/mol. The van der Waals surface area contributed by atoms with E-state index >= 15 is 0 Å². The highest BCUT2D eigenvalue weighted by Crippen LogP contribution is 2.36. The van der Waals surface area contributed by atoms with E-state index in [-0.39, 0.29) is 11.8 Å². The number of hydrogen-bond acceptors (Lipinski definition) is 4. The summed E-state index contributed by atoms with van der Waals surface area (Å²) in [5.74, 6) is -0.806. The van der Waals surface area contributed by atoms with Gasteiger partial charge in [0.25, 0.3) is 0 Å². The Labute approximate surface area is 165 Å². The highest BCUT2D eigenvalue weighted by molar-refractivity contribution is 5.95. The number of aromatic nitrogens is 4. The molecule has 0 unspecified atom stereocenters. The van der Waals surface area contributed by atoms with Crippen LogP contribution in [0.2, 0.25) is 0 Å². The van der Waals surface area contributed by atoms with Crippen molar-refractivity contribution in [3.63, 3.8) is 0 Å². The zero-order valence-electron chi connectivity index (χ0n) is 17.3. The Hall–Kier alpha value is -2.76. The van der Waals surface area contributed by atoms with Gasteiger partial charge in [-0.3, -0.25) is 9.78 Å². The fraction of sp³-hybridized carbons (Fsp3) is 0.455. The van der Waals surface area contributed by atoms with Crippen molar-refractivity contribution >= 4 is 17.0 Å². The molecule has 0 fully saturated rings. The van der Waals surface area contributed by atoms with E-state index in [1.165, 1.54) is 0 Å². The van der Waals surface area contributed by atoms with Gasteiger partial charge < -0.3 is 5.11 Å². The van der Waals surface area contributed by atoms with Gasteiger partial charge in [0.2, 0.25) is 0 Å². The molecule has 0 spiro atoms. The van der Waals surface area contributed by atoms with Gasteiger partial charge >= 0.3 is 5.97 Å². The summed E-state index contributed by atoms with van der Waals surface area (Å²) in [5.41, 5.74) is 5.88. The third-order valence-corrected chi connectivity index (χ3v) is 4.72. The fourth-order valence-electron chi connectivity index (χ4n) is 3.58. The molecular weight excluding hydrogens is 352 g/mol. The van der Waals surface area contributed by atoms with E-state index in [1.807, 2.05) is 37.1 Å². The molecule has 0 aliphatic rings. The molecule has 3 rings (SSSR count). The summed E-state index contributed by atoms with van der Waals surface area (Å²) in [6.07, 6.45) is 6.77. The highest BCUT2D eigenvalue weighted by Gasteiger charge is 2.23. The number of pyridine rings is 2. The summed E-state index contributed by atoms with van der Waals surface area (Å²) in [7, 11) is 0. The smallest absolute Gasteiger partial charge is 0.303 e. The lowest BCUT2D eigenvalue weighted by atomic mass is 9.85. The molecule has 0 atom stereocenters. The van der Waals surface area contributed by atoms with Gasteiger partial charge in [0.05, 0.1) is 6.20 Å². The molecule has 3 heterocycles. The average Bonchev–Trinajstić information content (AvgIpc) is 3.00. The molecule has 0 saturated carbocycles. The first-order chi connectivity index (χ1) is 13.2. The standard InChI is InChI=1S/C22H28N4O2/c1-6-26-21-17(13-24-26)20(15-9-14(2)11-23-12-15)16(7-8-19(27)28)18(25-21)10-22(3,4)5/h9,11-13H,6-8,10H2,1-5H3,(H,27,28). The van der Waals surface area contributed by atoms with Crippen molar-refractivity contribution in [2.75, 3.05) is 0 Å². The fourth-order valence-corrected chi connectivity index (χ4v) is 3.58. The minimum absolute atomic E-state index is 0.0256. The second-order valence-electron chi connectivity index (χ2n) is 8.49. The summed E-state index contributed by atoms with van der Waals surface area (Å²) in [6, 6.07) is 2.09. The van der Waals surface area contributed by atoms with Gasteiger partial charge in [-0.2, -0.15) is 5.10 Å². The predicted octanol–water partition coefficient (Wildman–Crippen LogP) is 4.43. The maximum atomic E-state index is 11.3. The van der Waals surface area contributed by atoms with Crippen LogP contribution in [-0.2, 0) is 24.2 Å². The van der Waals surface area contributed by atoms with Crippen molar-refractivity contribution in [2.24, 2.45) is 5.41 Å². The number of aryl methyl sites for hydroxylation is 2. The minimum atomic E-state index is -0.806. The minimum Gasteiger partial charge on any atom is -0.481 e. The summed E-state index contributed by atoms with van der Waals surface area (Å²) in [4.78, 5) is 20.7. The van der Waals surface area contributed by atoms with E-state index in [4.69, 9.17) is 4.98 Å². The Bertz CT molecular complexity index is 1020. The Morgan fingerprint density at radius 2 is 1.96 bits per heavy atom. The molecule has 0 saturated heterocycles. The van der Waals surface area contributed by atoms with Crippen molar-refractivity contribution in [2.45, 2.75) is 60.4 Å². The first kappa shape index (κ1) is 20.0. The number of carbonyl (C=O) groups is 1. The Balaban J connectivity index is 2.35. The van der Waals surface area contributed by atoms with Gasteiger partial charge in [-0.1, -0.05) is 20.8 Å². The van der Waals surface area contributed by atoms with Crippen LogP contribution >= 0.6 is 0 Å². The van der Waals surface area contributed by atoms with Gasteiger partial charge in [-0.25, -0.2) is 9.67 Å². The van der Waals surface area contributed by atoms with Gasteiger partial charge in [0.15, 0.2) is 5.65 Å². The zero-order chi connectivity index (χ0) is 20.5. The Kier molecular flexibility index (Phi) is 5.49. The van der Waals surface area contributed by atoms with Gasteiger partial charge in [-0.15, -0.1) is 0 Å². The third kappa shape index (κ3) is 4.21. The van der Waals surface area contributed by atoms with E-state index in [1.54, 1.807) is 0 Å². The zero-order valence-corrected chi connectivity index (χ0v) is 17.3. The van der Waals surface area contributed by atoms with Crippen molar-refractivity contribution in [1.29, 1.82) is 0 Å². The summed E-state index contributed by atoms with van der Waals surface area (Å²) in [6.45, 7) is 11.3. The number of carboxylic acids is 1. The number of carboxylic acid groups (broad SMARTS) is 1. The second-order valence-corrected chi connectivity index (χ2v) is 8.49. The molecule has 6 nitrogen and oxygen atoms in total.